The van der Waals surface area contributed by atoms with Crippen LogP contribution in [0.3, 0.4) is 0 Å². The van der Waals surface area contributed by atoms with Gasteiger partial charge in [-0.25, -0.2) is 13.8 Å². The zero-order valence-corrected chi connectivity index (χ0v) is 22.7. The van der Waals surface area contributed by atoms with E-state index in [0.717, 1.165) is 0 Å². The molecule has 7 nitrogen and oxygen atoms in total. The standard InChI is InChI=1S/C30H31F2NO6/c1-16-13-21(7-9-23(16)31)27(22-8-10-24(32)17(2)14-22)19(4)38-30(36)18(3)15-25(35)28-29(39-20(5)34)26(37-6)11-12-33-28/h7-14,18-19,27H,15H2,1-6H3/t18-,19+/m1/s1. The van der Waals surface area contributed by atoms with Crippen LogP contribution in [0, 0.1) is 31.4 Å². The molecule has 206 valence electrons. The van der Waals surface area contributed by atoms with Crippen LogP contribution in [0.1, 0.15) is 65.9 Å². The highest BCUT2D eigenvalue weighted by Gasteiger charge is 2.30. The molecule has 39 heavy (non-hydrogen) atoms. The number of esters is 2. The van der Waals surface area contributed by atoms with Crippen molar-refractivity contribution < 1.29 is 37.4 Å². The number of ether oxygens (including phenoxy) is 3. The number of benzene rings is 2. The molecule has 0 saturated carbocycles. The maximum Gasteiger partial charge on any atom is 0.309 e. The third-order valence-electron chi connectivity index (χ3n) is 6.35. The van der Waals surface area contributed by atoms with E-state index in [2.05, 4.69) is 4.98 Å². The molecule has 3 rings (SSSR count). The molecular formula is C30H31F2NO6. The van der Waals surface area contributed by atoms with Gasteiger partial charge in [-0.2, -0.15) is 0 Å². The van der Waals surface area contributed by atoms with Gasteiger partial charge in [-0.05, 0) is 55.2 Å². The second-order valence-electron chi connectivity index (χ2n) is 9.45. The van der Waals surface area contributed by atoms with Crippen molar-refractivity contribution in [3.8, 4) is 11.5 Å². The Morgan fingerprint density at radius 2 is 1.49 bits per heavy atom. The first kappa shape index (κ1) is 29.4. The van der Waals surface area contributed by atoms with E-state index in [1.165, 1.54) is 45.4 Å². The van der Waals surface area contributed by atoms with Crippen molar-refractivity contribution in [3.63, 3.8) is 0 Å². The van der Waals surface area contributed by atoms with Gasteiger partial charge in [0, 0.05) is 31.5 Å². The van der Waals surface area contributed by atoms with Crippen molar-refractivity contribution in [2.75, 3.05) is 7.11 Å². The van der Waals surface area contributed by atoms with Crippen molar-refractivity contribution >= 4 is 17.7 Å². The summed E-state index contributed by atoms with van der Waals surface area (Å²) in [7, 11) is 1.36. The molecule has 0 radical (unpaired) electrons. The van der Waals surface area contributed by atoms with Crippen molar-refractivity contribution in [1.82, 2.24) is 4.98 Å². The van der Waals surface area contributed by atoms with Crippen LogP contribution in [-0.2, 0) is 14.3 Å². The topological polar surface area (TPSA) is 91.8 Å². The Morgan fingerprint density at radius 1 is 0.923 bits per heavy atom. The molecule has 0 unspecified atom stereocenters. The molecule has 2 aromatic carbocycles. The van der Waals surface area contributed by atoms with Crippen LogP contribution in [0.5, 0.6) is 11.5 Å². The highest BCUT2D eigenvalue weighted by molar-refractivity contribution is 5.99. The van der Waals surface area contributed by atoms with Gasteiger partial charge in [-0.3, -0.25) is 14.4 Å². The molecule has 0 aliphatic heterocycles. The van der Waals surface area contributed by atoms with E-state index in [0.29, 0.717) is 22.3 Å². The lowest BCUT2D eigenvalue weighted by molar-refractivity contribution is -0.153. The number of methoxy groups -OCH3 is 1. The zero-order valence-electron chi connectivity index (χ0n) is 22.7. The Labute approximate surface area is 226 Å². The van der Waals surface area contributed by atoms with E-state index in [1.807, 2.05) is 0 Å². The van der Waals surface area contributed by atoms with Gasteiger partial charge in [0.15, 0.2) is 17.2 Å². The first-order valence-electron chi connectivity index (χ1n) is 12.4. The predicted molar refractivity (Wildman–Crippen MR) is 140 cm³/mol. The summed E-state index contributed by atoms with van der Waals surface area (Å²) in [5.41, 5.74) is 2.08. The number of nitrogens with zero attached hydrogens (tertiary/aromatic N) is 1. The summed E-state index contributed by atoms with van der Waals surface area (Å²) in [6, 6.07) is 10.7. The number of halogens is 2. The number of aryl methyl sites for hydroxylation is 2. The number of pyridine rings is 1. The molecule has 3 aromatic rings. The SMILES string of the molecule is COc1ccnc(C(=O)C[C@@H](C)C(=O)O[C@@H](C)C(c2ccc(F)c(C)c2)c2ccc(F)c(C)c2)c1OC(C)=O. The van der Waals surface area contributed by atoms with E-state index in [-0.39, 0.29) is 35.2 Å². The Kier molecular flexibility index (Phi) is 9.51. The molecule has 0 amide bonds. The number of hydrogen-bond acceptors (Lipinski definition) is 7. The lowest BCUT2D eigenvalue weighted by Gasteiger charge is -2.27. The van der Waals surface area contributed by atoms with Crippen LogP contribution in [0.4, 0.5) is 8.78 Å². The molecule has 0 bridgehead atoms. The average Bonchev–Trinajstić information content (AvgIpc) is 2.88. The summed E-state index contributed by atoms with van der Waals surface area (Å²) in [5, 5.41) is 0. The van der Waals surface area contributed by atoms with Crippen LogP contribution in [0.2, 0.25) is 0 Å². The minimum Gasteiger partial charge on any atom is -0.493 e. The molecule has 0 N–H and O–H groups in total. The summed E-state index contributed by atoms with van der Waals surface area (Å²) in [6.45, 7) is 7.68. The first-order chi connectivity index (χ1) is 18.4. The Balaban J connectivity index is 1.84. The molecule has 9 heteroatoms. The van der Waals surface area contributed by atoms with Gasteiger partial charge in [0.1, 0.15) is 17.7 Å². The van der Waals surface area contributed by atoms with Crippen LogP contribution < -0.4 is 9.47 Å². The van der Waals surface area contributed by atoms with Crippen molar-refractivity contribution in [1.29, 1.82) is 0 Å². The molecule has 1 heterocycles. The van der Waals surface area contributed by atoms with E-state index >= 15 is 0 Å². The number of ketones is 1. The van der Waals surface area contributed by atoms with Gasteiger partial charge in [0.05, 0.1) is 13.0 Å². The van der Waals surface area contributed by atoms with E-state index in [4.69, 9.17) is 14.2 Å². The maximum absolute atomic E-state index is 14.0. The number of rotatable bonds is 10. The van der Waals surface area contributed by atoms with Crippen LogP contribution in [0.15, 0.2) is 48.7 Å². The van der Waals surface area contributed by atoms with Crippen LogP contribution in [-0.4, -0.2) is 35.9 Å². The molecule has 1 aromatic heterocycles. The second kappa shape index (κ2) is 12.6. The van der Waals surface area contributed by atoms with E-state index in [1.54, 1.807) is 45.0 Å². The molecule has 0 fully saturated rings. The molecular weight excluding hydrogens is 508 g/mol. The highest BCUT2D eigenvalue weighted by atomic mass is 19.1. The third kappa shape index (κ3) is 7.04. The number of Topliss-reactive ketones (excluding diaryl/α,β-unsaturated/α-hetero) is 1. The number of carbonyl (C=O) groups excluding carboxylic acids is 3. The fraction of sp³-hybridized carbons (Fsp3) is 0.333. The fourth-order valence-electron chi connectivity index (χ4n) is 4.31. The summed E-state index contributed by atoms with van der Waals surface area (Å²) >= 11 is 0. The van der Waals surface area contributed by atoms with Crippen LogP contribution >= 0.6 is 0 Å². The average molecular weight is 540 g/mol. The van der Waals surface area contributed by atoms with E-state index in [9.17, 15) is 23.2 Å². The Bertz CT molecular complexity index is 1340. The summed E-state index contributed by atoms with van der Waals surface area (Å²) in [6.07, 6.45) is 0.330. The van der Waals surface area contributed by atoms with Gasteiger partial charge in [0.2, 0.25) is 5.75 Å². The minimum atomic E-state index is -0.872. The Hall–Kier alpha value is -4.14. The van der Waals surface area contributed by atoms with Crippen molar-refractivity contribution in [3.05, 3.63) is 88.2 Å². The molecule has 2 atom stereocenters. The molecule has 0 saturated heterocycles. The zero-order chi connectivity index (χ0) is 28.9. The number of carbonyl (C=O) groups is 3. The lowest BCUT2D eigenvalue weighted by atomic mass is 9.85. The fourth-order valence-corrected chi connectivity index (χ4v) is 4.31. The largest absolute Gasteiger partial charge is 0.493 e. The van der Waals surface area contributed by atoms with Crippen LogP contribution in [0.25, 0.3) is 0 Å². The monoisotopic (exact) mass is 539 g/mol. The molecule has 0 aliphatic carbocycles. The normalized spacial score (nSPS) is 12.5. The number of hydrogen-bond donors (Lipinski definition) is 0. The second-order valence-corrected chi connectivity index (χ2v) is 9.45. The minimum absolute atomic E-state index is 0.121. The summed E-state index contributed by atoms with van der Waals surface area (Å²) in [4.78, 5) is 41.7. The van der Waals surface area contributed by atoms with Gasteiger partial charge in [-0.1, -0.05) is 31.2 Å². The highest BCUT2D eigenvalue weighted by Crippen LogP contribution is 2.34. The predicted octanol–water partition coefficient (Wildman–Crippen LogP) is 5.88. The lowest BCUT2D eigenvalue weighted by Crippen LogP contribution is -2.28. The summed E-state index contributed by atoms with van der Waals surface area (Å²) in [5.74, 6) is -3.95. The van der Waals surface area contributed by atoms with Crippen molar-refractivity contribution in [2.24, 2.45) is 5.92 Å². The molecule has 0 aliphatic rings. The Morgan fingerprint density at radius 3 is 1.97 bits per heavy atom. The molecule has 0 spiro atoms. The third-order valence-corrected chi connectivity index (χ3v) is 6.35. The van der Waals surface area contributed by atoms with E-state index < -0.39 is 35.7 Å². The van der Waals surface area contributed by atoms with Gasteiger partial charge in [0.25, 0.3) is 0 Å². The quantitative estimate of drug-likeness (QED) is 0.235. The maximum atomic E-state index is 14.0. The van der Waals surface area contributed by atoms with Crippen molar-refractivity contribution in [2.45, 2.75) is 53.1 Å². The smallest absolute Gasteiger partial charge is 0.309 e. The number of aromatic nitrogens is 1. The van der Waals surface area contributed by atoms with Gasteiger partial charge < -0.3 is 14.2 Å². The van der Waals surface area contributed by atoms with Gasteiger partial charge >= 0.3 is 11.9 Å². The summed E-state index contributed by atoms with van der Waals surface area (Å²) < 4.78 is 44.1. The first-order valence-corrected chi connectivity index (χ1v) is 12.4. The van der Waals surface area contributed by atoms with Gasteiger partial charge in [-0.15, -0.1) is 0 Å².